The fourth-order valence-electron chi connectivity index (χ4n) is 7.91. The van der Waals surface area contributed by atoms with Crippen LogP contribution in [0, 0.1) is 10.8 Å². The predicted molar refractivity (Wildman–Crippen MR) is 207 cm³/mol. The van der Waals surface area contributed by atoms with Crippen LogP contribution in [0.15, 0.2) is 91.0 Å². The molecule has 0 amide bonds. The molecule has 1 saturated carbocycles. The maximum absolute atomic E-state index is 12.1. The summed E-state index contributed by atoms with van der Waals surface area (Å²) in [6.45, 7) is 13.6. The van der Waals surface area contributed by atoms with E-state index in [1.807, 2.05) is 18.2 Å². The average molecular weight is 671 g/mol. The minimum atomic E-state index is -0.286. The molecule has 6 rings (SSSR count). The molecule has 1 unspecified atom stereocenters. The fraction of sp³-hybridized carbons (Fsp3) is 0.391. The van der Waals surface area contributed by atoms with Gasteiger partial charge in [-0.3, -0.25) is 0 Å². The molecule has 4 heteroatoms. The number of carbonyl (C=O) groups excluding carboxylic acids is 2. The van der Waals surface area contributed by atoms with Gasteiger partial charge < -0.3 is 9.47 Å². The lowest BCUT2D eigenvalue weighted by Gasteiger charge is -2.29. The quantitative estimate of drug-likeness (QED) is 0.175. The number of rotatable bonds is 8. The Morgan fingerprint density at radius 1 is 0.680 bits per heavy atom. The van der Waals surface area contributed by atoms with Crippen LogP contribution in [0.3, 0.4) is 0 Å². The zero-order chi connectivity index (χ0) is 36.1. The van der Waals surface area contributed by atoms with Crippen molar-refractivity contribution in [2.75, 3.05) is 14.2 Å². The molecule has 0 saturated heterocycles. The third kappa shape index (κ3) is 7.96. The number of hydrogen-bond donors (Lipinski definition) is 0. The van der Waals surface area contributed by atoms with E-state index in [-0.39, 0.29) is 22.8 Å². The summed E-state index contributed by atoms with van der Waals surface area (Å²) in [7, 11) is 2.87. The zero-order valence-electron chi connectivity index (χ0n) is 31.3. The second kappa shape index (κ2) is 15.6. The van der Waals surface area contributed by atoms with Crippen molar-refractivity contribution < 1.29 is 19.1 Å². The van der Waals surface area contributed by atoms with E-state index in [1.165, 1.54) is 78.0 Å². The Morgan fingerprint density at radius 2 is 1.24 bits per heavy atom. The van der Waals surface area contributed by atoms with Crippen LogP contribution in [0.25, 0.3) is 27.8 Å². The fourth-order valence-corrected chi connectivity index (χ4v) is 7.91. The molecule has 4 aromatic rings. The Hall–Kier alpha value is -4.44. The van der Waals surface area contributed by atoms with E-state index in [0.717, 1.165) is 31.2 Å². The van der Waals surface area contributed by atoms with E-state index >= 15 is 0 Å². The highest BCUT2D eigenvalue weighted by Crippen LogP contribution is 2.51. The Bertz CT molecular complexity index is 1870. The van der Waals surface area contributed by atoms with Gasteiger partial charge >= 0.3 is 11.9 Å². The summed E-state index contributed by atoms with van der Waals surface area (Å²) in [5.74, 6) is -0.0742. The topological polar surface area (TPSA) is 52.6 Å². The minimum Gasteiger partial charge on any atom is -0.465 e. The Balaban J connectivity index is 0.000000194. The van der Waals surface area contributed by atoms with Gasteiger partial charge in [-0.1, -0.05) is 115 Å². The summed E-state index contributed by atoms with van der Waals surface area (Å²) in [5, 5.41) is 0. The first-order valence-corrected chi connectivity index (χ1v) is 18.3. The Morgan fingerprint density at radius 3 is 1.74 bits per heavy atom. The third-order valence-corrected chi connectivity index (χ3v) is 11.0. The largest absolute Gasteiger partial charge is 0.465 e. The molecule has 0 N–H and O–H groups in total. The van der Waals surface area contributed by atoms with Gasteiger partial charge in [0.15, 0.2) is 0 Å². The van der Waals surface area contributed by atoms with E-state index in [0.29, 0.717) is 17.0 Å². The zero-order valence-corrected chi connectivity index (χ0v) is 31.3. The number of hydrogen-bond acceptors (Lipinski definition) is 4. The number of ether oxygens (including phenoxy) is 2. The molecule has 2 aliphatic carbocycles. The highest BCUT2D eigenvalue weighted by molar-refractivity contribution is 5.94. The maximum Gasteiger partial charge on any atom is 0.337 e. The van der Waals surface area contributed by atoms with Crippen molar-refractivity contribution in [1.29, 1.82) is 0 Å². The molecule has 0 heterocycles. The summed E-state index contributed by atoms with van der Waals surface area (Å²) in [6, 6.07) is 29.4. The van der Waals surface area contributed by atoms with Crippen molar-refractivity contribution in [3.8, 4) is 22.3 Å². The lowest BCUT2D eigenvalue weighted by molar-refractivity contribution is 0.0591. The second-order valence-corrected chi connectivity index (χ2v) is 15.1. The lowest BCUT2D eigenvalue weighted by Crippen LogP contribution is -2.17. The summed E-state index contributed by atoms with van der Waals surface area (Å²) in [5.41, 5.74) is 12.9. The van der Waals surface area contributed by atoms with E-state index in [9.17, 15) is 9.59 Å². The Labute approximate surface area is 299 Å². The molecule has 0 aromatic heterocycles. The van der Waals surface area contributed by atoms with Gasteiger partial charge in [0.1, 0.15) is 0 Å². The van der Waals surface area contributed by atoms with Crippen molar-refractivity contribution in [3.05, 3.63) is 124 Å². The lowest BCUT2D eigenvalue weighted by atomic mass is 9.75. The second-order valence-electron chi connectivity index (χ2n) is 15.1. The predicted octanol–water partition coefficient (Wildman–Crippen LogP) is 11.9. The number of benzene rings is 4. The van der Waals surface area contributed by atoms with Crippen molar-refractivity contribution in [3.63, 3.8) is 0 Å². The van der Waals surface area contributed by atoms with Gasteiger partial charge in [0.25, 0.3) is 0 Å². The first-order chi connectivity index (χ1) is 23.9. The molecule has 0 bridgehead atoms. The van der Waals surface area contributed by atoms with Gasteiger partial charge in [-0.05, 0) is 130 Å². The monoisotopic (exact) mass is 670 g/mol. The van der Waals surface area contributed by atoms with Crippen LogP contribution in [0.2, 0.25) is 0 Å². The number of aryl methyl sites for hydroxylation is 2. The summed E-state index contributed by atoms with van der Waals surface area (Å²) in [6.07, 6.45) is 10.2. The van der Waals surface area contributed by atoms with E-state index in [4.69, 9.17) is 9.47 Å². The van der Waals surface area contributed by atoms with E-state index in [1.54, 1.807) is 0 Å². The minimum absolute atomic E-state index is 0.117. The average Bonchev–Trinajstić information content (AvgIpc) is 3.69. The van der Waals surface area contributed by atoms with Gasteiger partial charge in [0, 0.05) is 0 Å². The van der Waals surface area contributed by atoms with Crippen LogP contribution in [0.4, 0.5) is 0 Å². The summed E-state index contributed by atoms with van der Waals surface area (Å²) < 4.78 is 9.88. The van der Waals surface area contributed by atoms with Crippen LogP contribution >= 0.6 is 0 Å². The van der Waals surface area contributed by atoms with Crippen LogP contribution in [0.1, 0.15) is 123 Å². The standard InChI is InChI=1S/C23H28O2.C23H26O2/c2*1-5-16-8-6-9-17(14-16)19-12-11-18(22(24)25-4)15-20(19)21-10-7-13-23(21,2)3/h6,8-9,11-12,14-15,21H,5,7,10,13H2,1-4H3;6,8-12,14-15H,5,7,13H2,1-4H3. The SMILES string of the molecule is CCc1cccc(-c2ccc(C(=O)OC)cc2C2=CCCC2(C)C)c1.CCc1cccc(-c2ccc(C(=O)OC)cc2C2CCCC2(C)C)c1. The molecular weight excluding hydrogens is 617 g/mol. The Kier molecular flexibility index (Phi) is 11.5. The normalized spacial score (nSPS) is 17.4. The summed E-state index contributed by atoms with van der Waals surface area (Å²) in [4.78, 5) is 24.1. The highest BCUT2D eigenvalue weighted by atomic mass is 16.5. The van der Waals surface area contributed by atoms with Crippen LogP contribution < -0.4 is 0 Å². The molecule has 4 aromatic carbocycles. The summed E-state index contributed by atoms with van der Waals surface area (Å²) >= 11 is 0. The smallest absolute Gasteiger partial charge is 0.337 e. The molecule has 50 heavy (non-hydrogen) atoms. The molecule has 0 spiro atoms. The molecule has 0 radical (unpaired) electrons. The number of methoxy groups -OCH3 is 2. The first-order valence-electron chi connectivity index (χ1n) is 18.3. The molecular formula is C46H54O4. The van der Waals surface area contributed by atoms with Gasteiger partial charge in [0.2, 0.25) is 0 Å². The number of allylic oxidation sites excluding steroid dienone is 2. The van der Waals surface area contributed by atoms with E-state index < -0.39 is 0 Å². The van der Waals surface area contributed by atoms with Gasteiger partial charge in [-0.2, -0.15) is 0 Å². The molecule has 1 fully saturated rings. The molecule has 4 nitrogen and oxygen atoms in total. The third-order valence-electron chi connectivity index (χ3n) is 11.0. The van der Waals surface area contributed by atoms with Gasteiger partial charge in [0.05, 0.1) is 25.3 Å². The van der Waals surface area contributed by atoms with Gasteiger partial charge in [-0.25, -0.2) is 9.59 Å². The molecule has 262 valence electrons. The van der Waals surface area contributed by atoms with Crippen molar-refractivity contribution in [2.24, 2.45) is 10.8 Å². The highest BCUT2D eigenvalue weighted by Gasteiger charge is 2.37. The molecule has 1 atom stereocenters. The number of esters is 2. The van der Waals surface area contributed by atoms with Crippen molar-refractivity contribution >= 4 is 17.5 Å². The number of carbonyl (C=O) groups is 2. The molecule has 0 aliphatic heterocycles. The van der Waals surface area contributed by atoms with E-state index in [2.05, 4.69) is 114 Å². The van der Waals surface area contributed by atoms with Crippen LogP contribution in [-0.4, -0.2) is 26.2 Å². The van der Waals surface area contributed by atoms with Gasteiger partial charge in [-0.15, -0.1) is 0 Å². The van der Waals surface area contributed by atoms with Crippen LogP contribution in [0.5, 0.6) is 0 Å². The van der Waals surface area contributed by atoms with Crippen LogP contribution in [-0.2, 0) is 22.3 Å². The van der Waals surface area contributed by atoms with Crippen molar-refractivity contribution in [1.82, 2.24) is 0 Å². The maximum atomic E-state index is 12.1. The molecule has 2 aliphatic rings. The van der Waals surface area contributed by atoms with Crippen molar-refractivity contribution in [2.45, 2.75) is 92.4 Å². The first kappa shape index (κ1) is 36.8.